The van der Waals surface area contributed by atoms with Gasteiger partial charge in [0.2, 0.25) is 0 Å². The monoisotopic (exact) mass is 901 g/mol. The second kappa shape index (κ2) is 17.9. The fourth-order valence-corrected chi connectivity index (χ4v) is 47.4. The Balaban J connectivity index is 0.00000325. The standard InChI is InChI=1S/2C17H29OSi.2C6H5.2ClH.H3Si.Zr/c2*1-6-11-17(2,3)15-12-13-9-7-8-10-14(13)16(15)18-19(4)5;2*1-2-4-6-5-3-1;;;;/h2*12,19H,6-11H2,1-5H3;2*1-5H;2*1H;1H3;. The van der Waals surface area contributed by atoms with Crippen LogP contribution in [0.5, 0.6) is 0 Å². The number of halogens is 2. The molecule has 0 aliphatic heterocycles. The Morgan fingerprint density at radius 1 is 0.593 bits per heavy atom. The van der Waals surface area contributed by atoms with Gasteiger partial charge in [0.05, 0.1) is 0 Å². The van der Waals surface area contributed by atoms with E-state index < -0.39 is 36.0 Å². The fourth-order valence-electron chi connectivity index (χ4n) is 12.0. The molecule has 0 radical (unpaired) electrons. The van der Waals surface area contributed by atoms with Crippen molar-refractivity contribution in [3.05, 3.63) is 106 Å². The SMILES string of the molecule is CCCC(C)(C)C1=C(O[SiH](C)C)C2=C(CCCC2)[CH]1[Zr]([SiH3])([c]1ccccc1)([c]1ccccc1)[CH]1C2=C(CCCC2)C(O[SiH](C)C)=C1C(C)(C)CCC.Cl.Cl. The molecule has 54 heavy (non-hydrogen) atoms. The van der Waals surface area contributed by atoms with Crippen molar-refractivity contribution >= 4 is 56.8 Å². The molecule has 4 aliphatic rings. The Labute approximate surface area is 349 Å². The van der Waals surface area contributed by atoms with Crippen LogP contribution in [-0.2, 0) is 26.8 Å². The van der Waals surface area contributed by atoms with E-state index >= 15 is 0 Å². The number of hydrogen-bond donors (Lipinski definition) is 0. The number of benzene rings is 2. The minimum Gasteiger partial charge on any atom is -0.147 e. The van der Waals surface area contributed by atoms with E-state index in [1.54, 1.807) is 28.8 Å². The Morgan fingerprint density at radius 2 is 0.926 bits per heavy atom. The first-order valence-electron chi connectivity index (χ1n) is 21.3. The summed E-state index contributed by atoms with van der Waals surface area (Å²) in [5.74, 6) is 2.76. The molecule has 6 rings (SSSR count). The van der Waals surface area contributed by atoms with Gasteiger partial charge in [-0.2, -0.15) is 0 Å². The minimum atomic E-state index is -4.77. The molecule has 4 aliphatic carbocycles. The largest absolute Gasteiger partial charge is 0.147 e. The van der Waals surface area contributed by atoms with Crippen LogP contribution >= 0.6 is 24.8 Å². The van der Waals surface area contributed by atoms with E-state index in [4.69, 9.17) is 8.85 Å². The number of hydrogen-bond acceptors (Lipinski definition) is 2. The van der Waals surface area contributed by atoms with Crippen molar-refractivity contribution in [3.63, 3.8) is 0 Å². The van der Waals surface area contributed by atoms with Crippen LogP contribution in [0.25, 0.3) is 0 Å². The predicted molar refractivity (Wildman–Crippen MR) is 246 cm³/mol. The van der Waals surface area contributed by atoms with Crippen molar-refractivity contribution in [1.29, 1.82) is 0 Å². The van der Waals surface area contributed by atoms with Crippen LogP contribution < -0.4 is 6.54 Å². The molecule has 0 spiro atoms. The summed E-state index contributed by atoms with van der Waals surface area (Å²) < 4.78 is 19.1. The third-order valence-corrected chi connectivity index (χ3v) is 48.5. The predicted octanol–water partition coefficient (Wildman–Crippen LogP) is 12.0. The zero-order valence-electron chi connectivity index (χ0n) is 35.7. The van der Waals surface area contributed by atoms with Gasteiger partial charge in [-0.05, 0) is 0 Å². The Hall–Kier alpha value is -0.886. The maximum Gasteiger partial charge on any atom is -0.147 e. The second-order valence-electron chi connectivity index (χ2n) is 19.1. The van der Waals surface area contributed by atoms with Gasteiger partial charge < -0.3 is 0 Å². The first-order valence-corrected chi connectivity index (χ1v) is 40.5. The molecule has 0 N–H and O–H groups in total. The molecule has 0 fully saturated rings. The van der Waals surface area contributed by atoms with Crippen molar-refractivity contribution in [2.45, 2.75) is 152 Å². The van der Waals surface area contributed by atoms with Gasteiger partial charge >= 0.3 is 327 Å². The maximum atomic E-state index is 7.41. The summed E-state index contributed by atoms with van der Waals surface area (Å²) in [6.07, 6.45) is 14.7. The van der Waals surface area contributed by atoms with Crippen molar-refractivity contribution in [3.8, 4) is 0 Å². The summed E-state index contributed by atoms with van der Waals surface area (Å²) in [5.41, 5.74) is 10.4. The molecule has 2 atom stereocenters. The van der Waals surface area contributed by atoms with E-state index in [1.165, 1.54) is 88.6 Å². The first-order chi connectivity index (χ1) is 24.7. The van der Waals surface area contributed by atoms with Crippen LogP contribution in [0.1, 0.15) is 119 Å². The van der Waals surface area contributed by atoms with Gasteiger partial charge in [-0.3, -0.25) is 0 Å². The van der Waals surface area contributed by atoms with E-state index in [9.17, 15) is 0 Å². The van der Waals surface area contributed by atoms with Gasteiger partial charge in [-0.1, -0.05) is 0 Å². The number of rotatable bonds is 14. The zero-order valence-corrected chi connectivity index (χ0v) is 44.1. The van der Waals surface area contributed by atoms with Crippen LogP contribution in [0.3, 0.4) is 0 Å². The van der Waals surface area contributed by atoms with E-state index in [0.717, 1.165) is 7.37 Å². The normalized spacial score (nSPS) is 21.5. The van der Waals surface area contributed by atoms with Crippen LogP contribution in [0, 0.1) is 10.8 Å². The number of allylic oxidation sites excluding steroid dienone is 6. The van der Waals surface area contributed by atoms with Gasteiger partial charge in [0, 0.05) is 0 Å². The molecular formula is C46H73Cl2O2Si3Zr. The molecule has 2 aromatic rings. The molecule has 2 aromatic carbocycles. The van der Waals surface area contributed by atoms with Gasteiger partial charge in [-0.15, -0.1) is 24.8 Å². The summed E-state index contributed by atoms with van der Waals surface area (Å²) in [5, 5.41) is 0. The summed E-state index contributed by atoms with van der Waals surface area (Å²) in [6.45, 7) is 24.8. The summed E-state index contributed by atoms with van der Waals surface area (Å²) in [6, 6.07) is 24.7. The average molecular weight is 904 g/mol. The van der Waals surface area contributed by atoms with Crippen LogP contribution in [0.15, 0.2) is 106 Å². The molecule has 2 nitrogen and oxygen atoms in total. The molecule has 0 saturated carbocycles. The molecule has 0 heterocycles. The average Bonchev–Trinajstić information content (AvgIpc) is 3.63. The fraction of sp³-hybridized carbons (Fsp3) is 0.565. The molecule has 2 unspecified atom stereocenters. The molecule has 0 bridgehead atoms. The molecular weight excluding hydrogens is 831 g/mol. The third-order valence-electron chi connectivity index (χ3n) is 13.8. The van der Waals surface area contributed by atoms with Gasteiger partial charge in [0.15, 0.2) is 0 Å². The Morgan fingerprint density at radius 3 is 1.24 bits per heavy atom. The molecule has 0 amide bonds. The first kappa shape index (κ1) is 45.8. The molecule has 0 saturated heterocycles. The van der Waals surface area contributed by atoms with E-state index in [2.05, 4.69) is 128 Å². The van der Waals surface area contributed by atoms with Crippen molar-refractivity contribution in [2.24, 2.45) is 10.8 Å². The van der Waals surface area contributed by atoms with E-state index in [0.29, 0.717) is 7.25 Å². The Bertz CT molecular complexity index is 1630. The quantitative estimate of drug-likeness (QED) is 0.176. The van der Waals surface area contributed by atoms with Gasteiger partial charge in [-0.25, -0.2) is 0 Å². The topological polar surface area (TPSA) is 18.5 Å². The van der Waals surface area contributed by atoms with E-state index in [1.807, 2.05) is 11.1 Å². The van der Waals surface area contributed by atoms with Crippen LogP contribution in [0.4, 0.5) is 0 Å². The minimum absolute atomic E-state index is 0. The van der Waals surface area contributed by atoms with E-state index in [-0.39, 0.29) is 35.6 Å². The summed E-state index contributed by atoms with van der Waals surface area (Å²) in [7, 11) is -1.64. The Kier molecular flexibility index (Phi) is 15.2. The van der Waals surface area contributed by atoms with Crippen LogP contribution in [0.2, 0.25) is 33.4 Å². The van der Waals surface area contributed by atoms with Gasteiger partial charge in [0.1, 0.15) is 0 Å². The smallest absolute Gasteiger partial charge is 0.147 e. The molecule has 8 heteroatoms. The summed E-state index contributed by atoms with van der Waals surface area (Å²) in [4.78, 5) is 0. The second-order valence-corrected chi connectivity index (χ2v) is 51.7. The maximum absolute atomic E-state index is 7.41. The van der Waals surface area contributed by atoms with Gasteiger partial charge in [0.25, 0.3) is 0 Å². The van der Waals surface area contributed by atoms with Crippen molar-refractivity contribution < 1.29 is 26.8 Å². The van der Waals surface area contributed by atoms with Crippen molar-refractivity contribution in [1.82, 2.24) is 0 Å². The molecule has 299 valence electrons. The third kappa shape index (κ3) is 7.70. The molecule has 0 aromatic heterocycles. The van der Waals surface area contributed by atoms with Crippen LogP contribution in [-0.4, -0.2) is 25.4 Å². The summed E-state index contributed by atoms with van der Waals surface area (Å²) >= 11 is -4.77. The van der Waals surface area contributed by atoms with Crippen molar-refractivity contribution in [2.75, 3.05) is 0 Å². The zero-order chi connectivity index (χ0) is 37.5.